The summed E-state index contributed by atoms with van der Waals surface area (Å²) < 4.78 is 24.1. The zero-order valence-electron chi connectivity index (χ0n) is 28.4. The van der Waals surface area contributed by atoms with Crippen molar-refractivity contribution in [2.24, 2.45) is 5.92 Å². The summed E-state index contributed by atoms with van der Waals surface area (Å²) in [6, 6.07) is 21.7. The van der Waals surface area contributed by atoms with Gasteiger partial charge in [0.05, 0.1) is 30.2 Å². The minimum atomic E-state index is -1.10. The van der Waals surface area contributed by atoms with Gasteiger partial charge in [-0.3, -0.25) is 0 Å². The van der Waals surface area contributed by atoms with Crippen molar-refractivity contribution >= 4 is 34.6 Å². The molecule has 0 aliphatic carbocycles. The van der Waals surface area contributed by atoms with Crippen molar-refractivity contribution in [2.45, 2.75) is 45.8 Å². The summed E-state index contributed by atoms with van der Waals surface area (Å²) in [6.07, 6.45) is 4.99. The maximum atomic E-state index is 13.0. The van der Waals surface area contributed by atoms with E-state index in [2.05, 4.69) is 58.0 Å². The Bertz CT molecular complexity index is 1950. The Hall–Kier alpha value is -4.29. The van der Waals surface area contributed by atoms with Crippen LogP contribution in [0.15, 0.2) is 90.2 Å². The molecule has 3 aromatic carbocycles. The minimum absolute atomic E-state index is 0.0991. The number of hydrogen-bond donors (Lipinski definition) is 0. The van der Waals surface area contributed by atoms with Crippen LogP contribution in [-0.2, 0) is 28.4 Å². The van der Waals surface area contributed by atoms with Crippen LogP contribution in [0, 0.1) is 12.8 Å². The van der Waals surface area contributed by atoms with E-state index in [0.717, 1.165) is 49.0 Å². The summed E-state index contributed by atoms with van der Waals surface area (Å²) in [4.78, 5) is 21.9. The van der Waals surface area contributed by atoms with E-state index < -0.39 is 5.79 Å². The SMILES string of the molecule is Cc1nn(CC(C)C)c(=O)n1-c1ccc(N2CCN(c3ccc(OC[C@@H]4COC(Cn5ccnc5)(c5ccc(Cl)cc5Cl)O4)cc3)CC2)cc1. The Morgan fingerprint density at radius 1 is 0.940 bits per heavy atom. The molecule has 5 aromatic rings. The van der Waals surface area contributed by atoms with E-state index in [9.17, 15) is 4.79 Å². The number of imidazole rings is 1. The fourth-order valence-electron chi connectivity index (χ4n) is 6.63. The second kappa shape index (κ2) is 14.5. The Balaban J connectivity index is 0.928. The maximum absolute atomic E-state index is 13.0. The molecule has 2 fully saturated rings. The largest absolute Gasteiger partial charge is 0.491 e. The van der Waals surface area contributed by atoms with Crippen molar-refractivity contribution in [2.75, 3.05) is 49.2 Å². The van der Waals surface area contributed by atoms with Crippen LogP contribution in [0.5, 0.6) is 5.75 Å². The lowest BCUT2D eigenvalue weighted by Gasteiger charge is -2.37. The van der Waals surface area contributed by atoms with Crippen molar-refractivity contribution in [3.05, 3.63) is 117 Å². The highest BCUT2D eigenvalue weighted by Gasteiger charge is 2.45. The first-order valence-corrected chi connectivity index (χ1v) is 17.7. The van der Waals surface area contributed by atoms with Crippen molar-refractivity contribution < 1.29 is 14.2 Å². The van der Waals surface area contributed by atoms with Gasteiger partial charge in [0.25, 0.3) is 0 Å². The van der Waals surface area contributed by atoms with E-state index in [1.165, 1.54) is 0 Å². The third-order valence-electron chi connectivity index (χ3n) is 9.08. The molecule has 2 aliphatic rings. The van der Waals surface area contributed by atoms with Gasteiger partial charge in [-0.2, -0.15) is 5.10 Å². The van der Waals surface area contributed by atoms with Crippen LogP contribution in [0.25, 0.3) is 5.69 Å². The predicted molar refractivity (Wildman–Crippen MR) is 195 cm³/mol. The standard InChI is InChI=1S/C37H41Cl2N7O4/c1-26(2)21-45-36(47)46(27(3)41-45)31-7-5-29(6-8-31)43-16-18-44(19-17-43)30-9-11-32(12-10-30)48-22-33-23-49-37(50-33,24-42-15-14-40-25-42)34-13-4-28(38)20-35(34)39/h4-15,20,25-26,33H,16-19,21-24H2,1-3H3/t33-,37?/m1/s1. The number of piperazine rings is 1. The first kappa shape index (κ1) is 34.2. The Labute approximate surface area is 301 Å². The molecule has 50 heavy (non-hydrogen) atoms. The average molecular weight is 719 g/mol. The molecule has 13 heteroatoms. The monoisotopic (exact) mass is 717 g/mol. The number of hydrogen-bond acceptors (Lipinski definition) is 8. The summed E-state index contributed by atoms with van der Waals surface area (Å²) in [5.41, 5.74) is 3.73. The van der Waals surface area contributed by atoms with Gasteiger partial charge in [-0.05, 0) is 73.5 Å². The Morgan fingerprint density at radius 2 is 1.60 bits per heavy atom. The van der Waals surface area contributed by atoms with Crippen LogP contribution in [0.1, 0.15) is 25.2 Å². The van der Waals surface area contributed by atoms with Crippen LogP contribution in [0.4, 0.5) is 11.4 Å². The molecule has 4 heterocycles. The van der Waals surface area contributed by atoms with Gasteiger partial charge >= 0.3 is 5.69 Å². The van der Waals surface area contributed by atoms with Crippen molar-refractivity contribution in [3.63, 3.8) is 0 Å². The summed E-state index contributed by atoms with van der Waals surface area (Å²) in [7, 11) is 0. The van der Waals surface area contributed by atoms with Crippen molar-refractivity contribution in [3.8, 4) is 11.4 Å². The molecule has 2 atom stereocenters. The molecular formula is C37H41Cl2N7O4. The van der Waals surface area contributed by atoms with Gasteiger partial charge < -0.3 is 28.6 Å². The van der Waals surface area contributed by atoms with Gasteiger partial charge in [0, 0.05) is 67.1 Å². The quantitative estimate of drug-likeness (QED) is 0.160. The lowest BCUT2D eigenvalue weighted by Crippen LogP contribution is -2.46. The van der Waals surface area contributed by atoms with Crippen LogP contribution >= 0.6 is 23.2 Å². The van der Waals surface area contributed by atoms with E-state index in [1.54, 1.807) is 33.9 Å². The molecule has 2 aromatic heterocycles. The number of nitrogens with zero attached hydrogens (tertiary/aromatic N) is 7. The molecule has 0 N–H and O–H groups in total. The summed E-state index contributed by atoms with van der Waals surface area (Å²) in [5.74, 6) is 0.702. The first-order chi connectivity index (χ1) is 24.2. The molecule has 0 bridgehead atoms. The average Bonchev–Trinajstić information content (AvgIpc) is 3.84. The lowest BCUT2D eigenvalue weighted by molar-refractivity contribution is -0.189. The van der Waals surface area contributed by atoms with E-state index in [1.807, 2.05) is 48.0 Å². The van der Waals surface area contributed by atoms with E-state index in [4.69, 9.17) is 37.4 Å². The molecule has 2 saturated heterocycles. The van der Waals surface area contributed by atoms with Crippen LogP contribution in [0.3, 0.4) is 0 Å². The molecule has 11 nitrogen and oxygen atoms in total. The Kier molecular flexibility index (Phi) is 9.92. The molecule has 7 rings (SSSR count). The first-order valence-electron chi connectivity index (χ1n) is 16.9. The number of aryl methyl sites for hydroxylation is 1. The van der Waals surface area contributed by atoms with Crippen LogP contribution < -0.4 is 20.2 Å². The molecule has 2 aliphatic heterocycles. The number of anilines is 2. The number of aromatic nitrogens is 5. The highest BCUT2D eigenvalue weighted by Crippen LogP contribution is 2.40. The normalized spacial score (nSPS) is 19.4. The highest BCUT2D eigenvalue weighted by molar-refractivity contribution is 6.35. The number of rotatable bonds is 11. The molecular weight excluding hydrogens is 677 g/mol. The van der Waals surface area contributed by atoms with Crippen LogP contribution in [-0.4, -0.2) is 69.4 Å². The van der Waals surface area contributed by atoms with E-state index in [-0.39, 0.29) is 11.8 Å². The molecule has 0 amide bonds. The summed E-state index contributed by atoms with van der Waals surface area (Å²) >= 11 is 12.8. The van der Waals surface area contributed by atoms with E-state index in [0.29, 0.717) is 53.7 Å². The molecule has 0 spiro atoms. The van der Waals surface area contributed by atoms with Crippen LogP contribution in [0.2, 0.25) is 10.0 Å². The fraction of sp³-hybridized carbons (Fsp3) is 0.378. The Morgan fingerprint density at radius 3 is 2.22 bits per heavy atom. The number of benzene rings is 3. The van der Waals surface area contributed by atoms with Gasteiger partial charge in [-0.25, -0.2) is 19.0 Å². The number of ether oxygens (including phenoxy) is 3. The second-order valence-electron chi connectivity index (χ2n) is 13.2. The van der Waals surface area contributed by atoms with Gasteiger partial charge in [-0.1, -0.05) is 43.1 Å². The topological polar surface area (TPSA) is 91.8 Å². The van der Waals surface area contributed by atoms with Gasteiger partial charge in [0.15, 0.2) is 0 Å². The fourth-order valence-corrected chi connectivity index (χ4v) is 7.18. The molecule has 0 radical (unpaired) electrons. The van der Waals surface area contributed by atoms with Gasteiger partial charge in [0.1, 0.15) is 24.3 Å². The lowest BCUT2D eigenvalue weighted by atomic mass is 10.1. The summed E-state index contributed by atoms with van der Waals surface area (Å²) in [6.45, 7) is 11.2. The van der Waals surface area contributed by atoms with Crippen molar-refractivity contribution in [1.29, 1.82) is 0 Å². The zero-order valence-corrected chi connectivity index (χ0v) is 29.9. The van der Waals surface area contributed by atoms with Gasteiger partial charge in [0.2, 0.25) is 5.79 Å². The van der Waals surface area contributed by atoms with Crippen molar-refractivity contribution in [1.82, 2.24) is 23.9 Å². The maximum Gasteiger partial charge on any atom is 0.350 e. The molecule has 1 unspecified atom stereocenters. The van der Waals surface area contributed by atoms with E-state index >= 15 is 0 Å². The smallest absolute Gasteiger partial charge is 0.350 e. The van der Waals surface area contributed by atoms with Gasteiger partial charge in [-0.15, -0.1) is 0 Å². The zero-order chi connectivity index (χ0) is 34.8. The molecule has 0 saturated carbocycles. The minimum Gasteiger partial charge on any atom is -0.491 e. The third-order valence-corrected chi connectivity index (χ3v) is 9.63. The molecule has 262 valence electrons. The predicted octanol–water partition coefficient (Wildman–Crippen LogP) is 6.18. The second-order valence-corrected chi connectivity index (χ2v) is 14.0. The number of halogens is 2. The summed E-state index contributed by atoms with van der Waals surface area (Å²) in [5, 5.41) is 5.48. The third kappa shape index (κ3) is 7.27. The highest BCUT2D eigenvalue weighted by atomic mass is 35.5.